The Morgan fingerprint density at radius 2 is 1.88 bits per heavy atom. The Bertz CT molecular complexity index is 509. The summed E-state index contributed by atoms with van der Waals surface area (Å²) < 4.78 is 5.23. The summed E-state index contributed by atoms with van der Waals surface area (Å²) in [7, 11) is 5.70. The van der Waals surface area contributed by atoms with Gasteiger partial charge in [-0.05, 0) is 37.9 Å². The van der Waals surface area contributed by atoms with E-state index in [4.69, 9.17) is 4.74 Å². The van der Waals surface area contributed by atoms with Gasteiger partial charge in [0.15, 0.2) is 5.96 Å². The Kier molecular flexibility index (Phi) is 7.18. The maximum Gasteiger partial charge on any atom is 0.193 e. The predicted molar refractivity (Wildman–Crippen MR) is 101 cm³/mol. The Morgan fingerprint density at radius 3 is 2.42 bits per heavy atom. The van der Waals surface area contributed by atoms with Crippen LogP contribution >= 0.6 is 0 Å². The third kappa shape index (κ3) is 5.03. The summed E-state index contributed by atoms with van der Waals surface area (Å²) in [5, 5.41) is 3.47. The number of aliphatic imine (C=N–C) groups is 1. The molecular formula is C18H31N5O. The van der Waals surface area contributed by atoms with Crippen molar-refractivity contribution in [3.8, 4) is 5.75 Å². The first-order chi connectivity index (χ1) is 11.7. The number of ether oxygens (including phenoxy) is 1. The Morgan fingerprint density at radius 1 is 1.21 bits per heavy atom. The van der Waals surface area contributed by atoms with E-state index >= 15 is 0 Å². The van der Waals surface area contributed by atoms with Gasteiger partial charge >= 0.3 is 0 Å². The maximum absolute atomic E-state index is 5.23. The molecule has 0 radical (unpaired) electrons. The van der Waals surface area contributed by atoms with Crippen molar-refractivity contribution in [1.82, 2.24) is 15.1 Å². The van der Waals surface area contributed by atoms with Gasteiger partial charge in [0.2, 0.25) is 0 Å². The van der Waals surface area contributed by atoms with Gasteiger partial charge in [0, 0.05) is 52.0 Å². The molecule has 0 unspecified atom stereocenters. The van der Waals surface area contributed by atoms with Crippen molar-refractivity contribution < 1.29 is 4.74 Å². The molecule has 24 heavy (non-hydrogen) atoms. The molecule has 0 amide bonds. The molecule has 0 spiro atoms. The predicted octanol–water partition coefficient (Wildman–Crippen LogP) is 1.34. The topological polar surface area (TPSA) is 43.3 Å². The molecule has 0 aromatic heterocycles. The van der Waals surface area contributed by atoms with Crippen molar-refractivity contribution in [2.24, 2.45) is 4.99 Å². The van der Waals surface area contributed by atoms with E-state index in [-0.39, 0.29) is 0 Å². The van der Waals surface area contributed by atoms with Gasteiger partial charge in [0.25, 0.3) is 0 Å². The molecule has 6 nitrogen and oxygen atoms in total. The van der Waals surface area contributed by atoms with E-state index < -0.39 is 0 Å². The van der Waals surface area contributed by atoms with E-state index in [1.165, 1.54) is 5.69 Å². The molecule has 0 saturated carbocycles. The Hall–Kier alpha value is -1.95. The van der Waals surface area contributed by atoms with Gasteiger partial charge in [0.05, 0.1) is 7.11 Å². The van der Waals surface area contributed by atoms with E-state index in [0.717, 1.165) is 57.5 Å². The highest BCUT2D eigenvalue weighted by molar-refractivity contribution is 5.80. The van der Waals surface area contributed by atoms with Crippen LogP contribution in [0.15, 0.2) is 29.3 Å². The molecule has 1 fully saturated rings. The van der Waals surface area contributed by atoms with Crippen LogP contribution in [0.25, 0.3) is 0 Å². The lowest BCUT2D eigenvalue weighted by molar-refractivity contribution is 0.344. The lowest BCUT2D eigenvalue weighted by Crippen LogP contribution is -2.53. The van der Waals surface area contributed by atoms with Crippen molar-refractivity contribution in [1.29, 1.82) is 0 Å². The van der Waals surface area contributed by atoms with Crippen LogP contribution in [0.5, 0.6) is 5.75 Å². The lowest BCUT2D eigenvalue weighted by atomic mass is 10.2. The van der Waals surface area contributed by atoms with Crippen molar-refractivity contribution in [2.45, 2.75) is 6.92 Å². The van der Waals surface area contributed by atoms with Crippen LogP contribution in [0.4, 0.5) is 5.69 Å². The quantitative estimate of drug-likeness (QED) is 0.629. The zero-order valence-electron chi connectivity index (χ0n) is 15.5. The van der Waals surface area contributed by atoms with Crippen molar-refractivity contribution in [2.75, 3.05) is 71.9 Å². The number of likely N-dealkylation sites (N-methyl/N-ethyl adjacent to an activating group) is 1. The van der Waals surface area contributed by atoms with Crippen LogP contribution in [0.1, 0.15) is 6.92 Å². The third-order valence-electron chi connectivity index (χ3n) is 4.55. The van der Waals surface area contributed by atoms with Gasteiger partial charge < -0.3 is 24.8 Å². The largest absolute Gasteiger partial charge is 0.497 e. The molecule has 0 bridgehead atoms. The normalized spacial score (nSPS) is 15.8. The second kappa shape index (κ2) is 9.37. The number of rotatable bonds is 6. The summed E-state index contributed by atoms with van der Waals surface area (Å²) in [6, 6.07) is 8.29. The highest BCUT2D eigenvalue weighted by Gasteiger charge is 2.19. The molecular weight excluding hydrogens is 302 g/mol. The van der Waals surface area contributed by atoms with Crippen LogP contribution in [0.3, 0.4) is 0 Å². The third-order valence-corrected chi connectivity index (χ3v) is 4.55. The number of nitrogens with one attached hydrogen (secondary N) is 1. The van der Waals surface area contributed by atoms with Crippen LogP contribution in [-0.2, 0) is 0 Å². The molecule has 1 N–H and O–H groups in total. The number of hydrogen-bond donors (Lipinski definition) is 1. The zero-order chi connectivity index (χ0) is 17.4. The number of guanidine groups is 1. The van der Waals surface area contributed by atoms with E-state index in [2.05, 4.69) is 51.1 Å². The average molecular weight is 333 g/mol. The first-order valence-electron chi connectivity index (χ1n) is 8.71. The van der Waals surface area contributed by atoms with Crippen LogP contribution < -0.4 is 15.0 Å². The molecule has 1 aromatic rings. The molecule has 2 rings (SSSR count). The zero-order valence-corrected chi connectivity index (χ0v) is 15.5. The van der Waals surface area contributed by atoms with Crippen LogP contribution in [0.2, 0.25) is 0 Å². The van der Waals surface area contributed by atoms with Crippen molar-refractivity contribution in [3.63, 3.8) is 0 Å². The summed E-state index contributed by atoms with van der Waals surface area (Å²) >= 11 is 0. The van der Waals surface area contributed by atoms with Crippen LogP contribution in [-0.4, -0.2) is 82.8 Å². The standard InChI is InChI=1S/C18H31N5O/c1-5-21(3)11-10-20-18(19-2)23-14-12-22(13-15-23)16-6-8-17(24-4)9-7-16/h6-9H,5,10-15H2,1-4H3,(H,19,20). The molecule has 1 aliphatic heterocycles. The fourth-order valence-electron chi connectivity index (χ4n) is 2.82. The Balaban J connectivity index is 1.81. The van der Waals surface area contributed by atoms with Crippen molar-refractivity contribution >= 4 is 11.6 Å². The summed E-state index contributed by atoms with van der Waals surface area (Å²) in [6.07, 6.45) is 0. The van der Waals surface area contributed by atoms with Gasteiger partial charge in [-0.25, -0.2) is 0 Å². The fraction of sp³-hybridized carbons (Fsp3) is 0.611. The molecule has 0 aliphatic carbocycles. The SMILES string of the molecule is CCN(C)CCNC(=NC)N1CCN(c2ccc(OC)cc2)CC1. The molecule has 1 aliphatic rings. The number of methoxy groups -OCH3 is 1. The smallest absolute Gasteiger partial charge is 0.193 e. The maximum atomic E-state index is 5.23. The molecule has 1 aromatic carbocycles. The van der Waals surface area contributed by atoms with Crippen LogP contribution in [0, 0.1) is 0 Å². The van der Waals surface area contributed by atoms with Gasteiger partial charge in [-0.2, -0.15) is 0 Å². The minimum absolute atomic E-state index is 0.902. The number of anilines is 1. The summed E-state index contributed by atoms with van der Waals surface area (Å²) in [4.78, 5) is 11.5. The number of hydrogen-bond acceptors (Lipinski definition) is 4. The van der Waals surface area contributed by atoms with Gasteiger partial charge in [-0.3, -0.25) is 4.99 Å². The van der Waals surface area contributed by atoms with Crippen molar-refractivity contribution in [3.05, 3.63) is 24.3 Å². The van der Waals surface area contributed by atoms with Gasteiger partial charge in [-0.1, -0.05) is 6.92 Å². The second-order valence-electron chi connectivity index (χ2n) is 6.04. The minimum Gasteiger partial charge on any atom is -0.497 e. The van der Waals surface area contributed by atoms with Gasteiger partial charge in [-0.15, -0.1) is 0 Å². The van der Waals surface area contributed by atoms with E-state index in [0.29, 0.717) is 0 Å². The summed E-state index contributed by atoms with van der Waals surface area (Å²) in [5.74, 6) is 1.91. The number of benzene rings is 1. The minimum atomic E-state index is 0.902. The summed E-state index contributed by atoms with van der Waals surface area (Å²) in [6.45, 7) is 9.17. The first-order valence-corrected chi connectivity index (χ1v) is 8.71. The molecule has 134 valence electrons. The van der Waals surface area contributed by atoms with Gasteiger partial charge in [0.1, 0.15) is 5.75 Å². The number of piperazine rings is 1. The monoisotopic (exact) mass is 333 g/mol. The lowest BCUT2D eigenvalue weighted by Gasteiger charge is -2.37. The second-order valence-corrected chi connectivity index (χ2v) is 6.04. The highest BCUT2D eigenvalue weighted by Crippen LogP contribution is 2.20. The molecule has 1 saturated heterocycles. The Labute approximate surface area is 146 Å². The first kappa shape index (κ1) is 18.4. The average Bonchev–Trinajstić information content (AvgIpc) is 2.65. The summed E-state index contributed by atoms with van der Waals surface area (Å²) in [5.41, 5.74) is 1.25. The fourth-order valence-corrected chi connectivity index (χ4v) is 2.82. The highest BCUT2D eigenvalue weighted by atomic mass is 16.5. The van der Waals surface area contributed by atoms with E-state index in [9.17, 15) is 0 Å². The van der Waals surface area contributed by atoms with E-state index in [1.807, 2.05) is 19.2 Å². The molecule has 1 heterocycles. The number of nitrogens with zero attached hydrogens (tertiary/aromatic N) is 4. The molecule has 6 heteroatoms. The molecule has 0 atom stereocenters. The van der Waals surface area contributed by atoms with E-state index in [1.54, 1.807) is 7.11 Å².